The Morgan fingerprint density at radius 3 is 2.13 bits per heavy atom. The van der Waals surface area contributed by atoms with Gasteiger partial charge in [-0.05, 0) is 40.8 Å². The number of anilines is 1. The van der Waals surface area contributed by atoms with Gasteiger partial charge >= 0.3 is 0 Å². The number of rotatable bonds is 6. The number of piperazine rings is 1. The van der Waals surface area contributed by atoms with Crippen LogP contribution in [0.5, 0.6) is 0 Å². The molecule has 0 unspecified atom stereocenters. The predicted octanol–water partition coefficient (Wildman–Crippen LogP) is 5.79. The Morgan fingerprint density at radius 1 is 0.816 bits per heavy atom. The van der Waals surface area contributed by atoms with Crippen molar-refractivity contribution in [2.24, 2.45) is 0 Å². The van der Waals surface area contributed by atoms with Crippen LogP contribution in [0.25, 0.3) is 16.5 Å². The molecule has 0 atom stereocenters. The van der Waals surface area contributed by atoms with Gasteiger partial charge in [-0.2, -0.15) is 5.26 Å². The number of aromatic amines is 1. The molecule has 0 bridgehead atoms. The second-order valence-corrected chi connectivity index (χ2v) is 10.3. The molecule has 38 heavy (non-hydrogen) atoms. The van der Waals surface area contributed by atoms with E-state index in [1.54, 1.807) is 6.20 Å². The lowest BCUT2D eigenvalue weighted by molar-refractivity contribution is 0.122. The number of H-pyrrole nitrogens is 1. The van der Waals surface area contributed by atoms with Gasteiger partial charge in [-0.3, -0.25) is 9.80 Å². The Hall–Kier alpha value is -3.92. The monoisotopic (exact) mass is 505 g/mol. The van der Waals surface area contributed by atoms with E-state index in [0.717, 1.165) is 64.5 Å². The third-order valence-corrected chi connectivity index (χ3v) is 7.88. The largest absolute Gasteiger partial charge is 0.366 e. The van der Waals surface area contributed by atoms with Crippen LogP contribution >= 0.6 is 0 Å². The molecule has 1 aromatic heterocycles. The zero-order valence-corrected chi connectivity index (χ0v) is 21.5. The molecular weight excluding hydrogens is 473 g/mol. The van der Waals surface area contributed by atoms with Crippen LogP contribution in [0.2, 0.25) is 0 Å². The molecule has 2 aliphatic rings. The molecule has 0 spiro atoms. The van der Waals surface area contributed by atoms with E-state index in [0.29, 0.717) is 16.5 Å². The number of halogens is 1. The fourth-order valence-electron chi connectivity index (χ4n) is 5.72. The lowest BCUT2D eigenvalue weighted by atomic mass is 9.97. The van der Waals surface area contributed by atoms with Crippen molar-refractivity contribution in [1.29, 1.82) is 5.26 Å². The molecule has 1 fully saturated rings. The van der Waals surface area contributed by atoms with E-state index in [9.17, 15) is 9.65 Å². The highest BCUT2D eigenvalue weighted by Gasteiger charge is 2.20. The van der Waals surface area contributed by atoms with Gasteiger partial charge in [-0.15, -0.1) is 0 Å². The lowest BCUT2D eigenvalue weighted by Gasteiger charge is -2.34. The fourth-order valence-corrected chi connectivity index (χ4v) is 5.72. The molecule has 3 aromatic carbocycles. The van der Waals surface area contributed by atoms with Crippen LogP contribution in [0, 0.1) is 17.1 Å². The van der Waals surface area contributed by atoms with Gasteiger partial charge in [0.05, 0.1) is 22.2 Å². The number of nitriles is 1. The van der Waals surface area contributed by atoms with Crippen LogP contribution < -0.4 is 4.90 Å². The first-order valence-corrected chi connectivity index (χ1v) is 13.4. The van der Waals surface area contributed by atoms with Gasteiger partial charge in [0.15, 0.2) is 0 Å². The highest BCUT2D eigenvalue weighted by molar-refractivity contribution is 5.96. The average molecular weight is 506 g/mol. The smallest absolute Gasteiger partial charge is 0.134 e. The summed E-state index contributed by atoms with van der Waals surface area (Å²) in [6.45, 7) is 8.05. The highest BCUT2D eigenvalue weighted by Crippen LogP contribution is 2.33. The number of benzene rings is 3. The third-order valence-electron chi connectivity index (χ3n) is 7.88. The molecule has 4 aromatic rings. The Bertz CT molecular complexity index is 1470. The summed E-state index contributed by atoms with van der Waals surface area (Å²) < 4.78 is 14.4. The summed E-state index contributed by atoms with van der Waals surface area (Å²) in [5, 5.41) is 9.70. The van der Waals surface area contributed by atoms with E-state index < -0.39 is 0 Å². The van der Waals surface area contributed by atoms with Gasteiger partial charge in [-0.25, -0.2) is 4.39 Å². The molecule has 0 radical (unpaired) electrons. The van der Waals surface area contributed by atoms with Gasteiger partial charge in [0.2, 0.25) is 0 Å². The van der Waals surface area contributed by atoms with Crippen molar-refractivity contribution in [1.82, 2.24) is 14.8 Å². The molecule has 5 nitrogen and oxygen atoms in total. The van der Waals surface area contributed by atoms with Crippen molar-refractivity contribution in [2.45, 2.75) is 19.5 Å². The van der Waals surface area contributed by atoms with Gasteiger partial charge in [-0.1, -0.05) is 60.7 Å². The van der Waals surface area contributed by atoms with Gasteiger partial charge in [0, 0.05) is 58.6 Å². The average Bonchev–Trinajstić information content (AvgIpc) is 3.41. The van der Waals surface area contributed by atoms with Crippen molar-refractivity contribution < 1.29 is 4.39 Å². The summed E-state index contributed by atoms with van der Waals surface area (Å²) in [4.78, 5) is 10.5. The van der Waals surface area contributed by atoms with Gasteiger partial charge in [0.1, 0.15) is 11.9 Å². The minimum Gasteiger partial charge on any atom is -0.366 e. The van der Waals surface area contributed by atoms with E-state index in [-0.39, 0.29) is 5.82 Å². The number of hydrogen-bond donors (Lipinski definition) is 1. The number of nitrogens with one attached hydrogen (secondary N) is 1. The molecule has 3 heterocycles. The third kappa shape index (κ3) is 5.08. The fraction of sp³-hybridized carbons (Fsp3) is 0.281. The summed E-state index contributed by atoms with van der Waals surface area (Å²) in [5.41, 5.74) is 7.36. The molecule has 1 saturated heterocycles. The maximum Gasteiger partial charge on any atom is 0.134 e. The Labute approximate surface area is 223 Å². The van der Waals surface area contributed by atoms with E-state index in [1.165, 1.54) is 28.3 Å². The summed E-state index contributed by atoms with van der Waals surface area (Å²) >= 11 is 0. The Morgan fingerprint density at radius 2 is 1.50 bits per heavy atom. The molecule has 0 saturated carbocycles. The number of nitrogens with zero attached hydrogens (tertiary/aromatic N) is 4. The minimum atomic E-state index is -0.357. The quantitative estimate of drug-likeness (QED) is 0.360. The maximum atomic E-state index is 14.4. The van der Waals surface area contributed by atoms with Gasteiger partial charge < -0.3 is 9.88 Å². The first-order chi connectivity index (χ1) is 18.7. The van der Waals surface area contributed by atoms with Crippen LogP contribution in [0.4, 0.5) is 10.1 Å². The predicted molar refractivity (Wildman–Crippen MR) is 151 cm³/mol. The molecule has 0 amide bonds. The van der Waals surface area contributed by atoms with Crippen LogP contribution in [0.3, 0.4) is 0 Å². The number of aromatic nitrogens is 1. The van der Waals surface area contributed by atoms with E-state index in [4.69, 9.17) is 0 Å². The van der Waals surface area contributed by atoms with Crippen molar-refractivity contribution >= 4 is 22.2 Å². The van der Waals surface area contributed by atoms with E-state index >= 15 is 0 Å². The zero-order chi connectivity index (χ0) is 25.9. The summed E-state index contributed by atoms with van der Waals surface area (Å²) in [6, 6.07) is 25.1. The number of hydrogen-bond acceptors (Lipinski definition) is 4. The zero-order valence-electron chi connectivity index (χ0n) is 21.5. The summed E-state index contributed by atoms with van der Waals surface area (Å²) in [6.07, 6.45) is 4.79. The van der Waals surface area contributed by atoms with Crippen LogP contribution in [0.1, 0.15) is 28.7 Å². The Kier molecular flexibility index (Phi) is 6.96. The Balaban J connectivity index is 1.05. The molecule has 6 heteroatoms. The minimum absolute atomic E-state index is 0.349. The second kappa shape index (κ2) is 10.8. The standard InChI is InChI=1S/C32H32FN5/c33-29-10-11-30(32-31(29)28(20-34)21-35-32)38-14-12-27(13-15-38)26-8-6-25(7-9-26)23-37-18-16-36(17-19-37)22-24-4-2-1-3-5-24/h1-12,21,35H,13-19,22-23H2. The first kappa shape index (κ1) is 24.4. The maximum absolute atomic E-state index is 14.4. The van der Waals surface area contributed by atoms with Crippen molar-refractivity contribution in [3.05, 3.63) is 107 Å². The van der Waals surface area contributed by atoms with Crippen molar-refractivity contribution in [3.63, 3.8) is 0 Å². The molecular formula is C32H32FN5. The lowest BCUT2D eigenvalue weighted by Crippen LogP contribution is -2.45. The molecule has 192 valence electrons. The van der Waals surface area contributed by atoms with E-state index in [2.05, 4.69) is 86.4 Å². The first-order valence-electron chi connectivity index (χ1n) is 13.4. The second-order valence-electron chi connectivity index (χ2n) is 10.3. The van der Waals surface area contributed by atoms with Crippen LogP contribution in [-0.2, 0) is 13.1 Å². The normalized spacial score (nSPS) is 16.9. The molecule has 6 rings (SSSR count). The number of fused-ring (bicyclic) bond motifs is 1. The van der Waals surface area contributed by atoms with Crippen LogP contribution in [0.15, 0.2) is 79.0 Å². The van der Waals surface area contributed by atoms with Gasteiger partial charge in [0.25, 0.3) is 0 Å². The van der Waals surface area contributed by atoms with Crippen LogP contribution in [-0.4, -0.2) is 54.1 Å². The summed E-state index contributed by atoms with van der Waals surface area (Å²) in [7, 11) is 0. The molecule has 2 aliphatic heterocycles. The highest BCUT2D eigenvalue weighted by atomic mass is 19.1. The molecule has 1 N–H and O–H groups in total. The van der Waals surface area contributed by atoms with Crippen molar-refractivity contribution in [3.8, 4) is 6.07 Å². The van der Waals surface area contributed by atoms with Crippen molar-refractivity contribution in [2.75, 3.05) is 44.2 Å². The SMILES string of the molecule is N#Cc1c[nH]c2c(N3CC=C(c4ccc(CN5CCN(Cc6ccccc6)CC5)cc4)CC3)ccc(F)c12. The molecule has 0 aliphatic carbocycles. The van der Waals surface area contributed by atoms with E-state index in [1.807, 2.05) is 6.07 Å². The summed E-state index contributed by atoms with van der Waals surface area (Å²) in [5.74, 6) is -0.357. The topological polar surface area (TPSA) is 49.3 Å².